The number of carbonyl (C=O) groups excluding carboxylic acids is 1. The Morgan fingerprint density at radius 3 is 2.71 bits per heavy atom. The van der Waals surface area contributed by atoms with Gasteiger partial charge in [0.15, 0.2) is 0 Å². The number of nitrogens with zero attached hydrogens (tertiary/aromatic N) is 1. The van der Waals surface area contributed by atoms with E-state index in [0.717, 1.165) is 6.42 Å². The van der Waals surface area contributed by atoms with Crippen molar-refractivity contribution < 1.29 is 19.4 Å². The normalized spacial score (nSPS) is 15.4. The van der Waals surface area contributed by atoms with Crippen LogP contribution in [0.2, 0.25) is 0 Å². The van der Waals surface area contributed by atoms with E-state index in [9.17, 15) is 14.7 Å². The number of carboxylic acids is 1. The van der Waals surface area contributed by atoms with Gasteiger partial charge in [-0.3, -0.25) is 0 Å². The van der Waals surface area contributed by atoms with Crippen molar-refractivity contribution >= 4 is 49.5 Å². The van der Waals surface area contributed by atoms with Crippen LogP contribution in [0.3, 0.4) is 0 Å². The van der Waals surface area contributed by atoms with E-state index in [-0.39, 0.29) is 17.3 Å². The average Bonchev–Trinajstić information content (AvgIpc) is 2.70. The van der Waals surface area contributed by atoms with Crippen molar-refractivity contribution in [2.75, 3.05) is 31.6 Å². The number of rotatable bonds is 2. The number of halogens is 2. The number of ether oxygens (including phenoxy) is 1. The number of anilines is 1. The highest BCUT2D eigenvalue weighted by Gasteiger charge is 2.21. The van der Waals surface area contributed by atoms with Gasteiger partial charge in [0.1, 0.15) is 0 Å². The third kappa shape index (κ3) is 4.18. The van der Waals surface area contributed by atoms with Gasteiger partial charge in [-0.05, 0) is 34.5 Å². The predicted octanol–water partition coefficient (Wildman–Crippen LogP) is 3.16. The van der Waals surface area contributed by atoms with Crippen LogP contribution >= 0.6 is 31.9 Å². The lowest BCUT2D eigenvalue weighted by Gasteiger charge is -2.21. The number of hydrogen-bond donors (Lipinski definition) is 2. The number of carbonyl (C=O) groups is 2. The van der Waals surface area contributed by atoms with Gasteiger partial charge in [0.05, 0.1) is 17.9 Å². The van der Waals surface area contributed by atoms with Crippen molar-refractivity contribution in [2.24, 2.45) is 0 Å². The van der Waals surface area contributed by atoms with E-state index in [4.69, 9.17) is 4.74 Å². The fourth-order valence-corrected chi connectivity index (χ4v) is 3.33. The topological polar surface area (TPSA) is 78.9 Å². The van der Waals surface area contributed by atoms with Gasteiger partial charge in [0, 0.05) is 28.6 Å². The van der Waals surface area contributed by atoms with Gasteiger partial charge in [0.25, 0.3) is 0 Å². The van der Waals surface area contributed by atoms with Crippen molar-refractivity contribution in [2.45, 2.75) is 6.42 Å². The molecule has 2 N–H and O–H groups in total. The van der Waals surface area contributed by atoms with E-state index in [2.05, 4.69) is 37.2 Å². The van der Waals surface area contributed by atoms with E-state index in [0.29, 0.717) is 35.2 Å². The van der Waals surface area contributed by atoms with Crippen molar-refractivity contribution in [3.8, 4) is 0 Å². The van der Waals surface area contributed by atoms with E-state index in [1.807, 2.05) is 0 Å². The molecule has 0 aromatic heterocycles. The fourth-order valence-electron chi connectivity index (χ4n) is 2.00. The highest BCUT2D eigenvalue weighted by Crippen LogP contribution is 2.31. The third-order valence-electron chi connectivity index (χ3n) is 3.03. The average molecular weight is 422 g/mol. The molecular weight excluding hydrogens is 408 g/mol. The van der Waals surface area contributed by atoms with Gasteiger partial charge >= 0.3 is 12.0 Å². The molecule has 2 rings (SSSR count). The van der Waals surface area contributed by atoms with Gasteiger partial charge in [-0.25, -0.2) is 9.59 Å². The number of nitrogens with one attached hydrogen (secondary N) is 1. The molecule has 1 aliphatic heterocycles. The van der Waals surface area contributed by atoms with E-state index >= 15 is 0 Å². The smallest absolute Gasteiger partial charge is 0.337 e. The highest BCUT2D eigenvalue weighted by molar-refractivity contribution is 9.11. The monoisotopic (exact) mass is 420 g/mol. The Balaban J connectivity index is 2.22. The molecule has 2 amide bonds. The second-order valence-electron chi connectivity index (χ2n) is 4.50. The molecule has 1 aliphatic rings. The summed E-state index contributed by atoms with van der Waals surface area (Å²) < 4.78 is 6.42. The maximum atomic E-state index is 12.3. The Bertz CT molecular complexity index is 557. The summed E-state index contributed by atoms with van der Waals surface area (Å²) in [4.78, 5) is 25.2. The zero-order chi connectivity index (χ0) is 15.4. The molecule has 1 heterocycles. The van der Waals surface area contributed by atoms with Crippen molar-refractivity contribution in [1.29, 1.82) is 0 Å². The van der Waals surface area contributed by atoms with Gasteiger partial charge in [-0.1, -0.05) is 15.9 Å². The summed E-state index contributed by atoms with van der Waals surface area (Å²) in [6.07, 6.45) is 0.765. The lowest BCUT2D eigenvalue weighted by atomic mass is 10.2. The van der Waals surface area contributed by atoms with Crippen LogP contribution in [0.15, 0.2) is 21.1 Å². The predicted molar refractivity (Wildman–Crippen MR) is 84.8 cm³/mol. The van der Waals surface area contributed by atoms with E-state index in [1.54, 1.807) is 11.0 Å². The van der Waals surface area contributed by atoms with Crippen LogP contribution in [0.25, 0.3) is 0 Å². The second kappa shape index (κ2) is 7.24. The van der Waals surface area contributed by atoms with Gasteiger partial charge < -0.3 is 20.1 Å². The highest BCUT2D eigenvalue weighted by atomic mass is 79.9. The summed E-state index contributed by atoms with van der Waals surface area (Å²) in [6.45, 7) is 2.19. The lowest BCUT2D eigenvalue weighted by Crippen LogP contribution is -2.37. The molecule has 114 valence electrons. The quantitative estimate of drug-likeness (QED) is 0.768. The summed E-state index contributed by atoms with van der Waals surface area (Å²) in [5, 5.41) is 11.9. The van der Waals surface area contributed by atoms with Crippen molar-refractivity contribution in [3.05, 3.63) is 26.6 Å². The third-order valence-corrected chi connectivity index (χ3v) is 4.11. The number of amides is 2. The molecule has 0 aliphatic carbocycles. The molecule has 8 heteroatoms. The Morgan fingerprint density at radius 1 is 1.24 bits per heavy atom. The van der Waals surface area contributed by atoms with E-state index < -0.39 is 5.97 Å². The molecule has 1 aromatic rings. The minimum absolute atomic E-state index is 0.0238. The molecule has 0 spiro atoms. The number of benzene rings is 1. The van der Waals surface area contributed by atoms with Gasteiger partial charge in [-0.2, -0.15) is 0 Å². The molecule has 0 atom stereocenters. The molecular formula is C13H14Br2N2O4. The van der Waals surface area contributed by atoms with Crippen molar-refractivity contribution in [1.82, 2.24) is 4.90 Å². The van der Waals surface area contributed by atoms with Crippen LogP contribution in [-0.2, 0) is 4.74 Å². The standard InChI is InChI=1S/C13H14Br2N2O4/c14-8-6-9(12(18)19)11(10(15)7-8)16-13(20)17-2-1-4-21-5-3-17/h6-7H,1-5H2,(H,16,20)(H,18,19). The molecule has 0 unspecified atom stereocenters. The fraction of sp³-hybridized carbons (Fsp3) is 0.385. The first-order chi connectivity index (χ1) is 9.99. The first-order valence-corrected chi connectivity index (χ1v) is 7.93. The summed E-state index contributed by atoms with van der Waals surface area (Å²) in [7, 11) is 0. The minimum atomic E-state index is -1.11. The Kier molecular flexibility index (Phi) is 5.60. The lowest BCUT2D eigenvalue weighted by molar-refractivity contribution is 0.0698. The summed E-state index contributed by atoms with van der Waals surface area (Å²) in [6, 6.07) is 2.81. The number of aromatic carboxylic acids is 1. The maximum absolute atomic E-state index is 12.3. The zero-order valence-corrected chi connectivity index (χ0v) is 14.2. The zero-order valence-electron chi connectivity index (χ0n) is 11.1. The Labute approximate surface area is 138 Å². The number of carboxylic acid groups (broad SMARTS) is 1. The maximum Gasteiger partial charge on any atom is 0.337 e. The molecule has 1 fully saturated rings. The van der Waals surface area contributed by atoms with Crippen molar-refractivity contribution in [3.63, 3.8) is 0 Å². The number of hydrogen-bond acceptors (Lipinski definition) is 3. The molecule has 0 bridgehead atoms. The summed E-state index contributed by atoms with van der Waals surface area (Å²) in [5.74, 6) is -1.11. The molecule has 6 nitrogen and oxygen atoms in total. The first-order valence-electron chi connectivity index (χ1n) is 6.35. The molecule has 1 aromatic carbocycles. The second-order valence-corrected chi connectivity index (χ2v) is 6.27. The summed E-state index contributed by atoms with van der Waals surface area (Å²) >= 11 is 6.52. The summed E-state index contributed by atoms with van der Waals surface area (Å²) in [5.41, 5.74) is 0.275. The van der Waals surface area contributed by atoms with Gasteiger partial charge in [-0.15, -0.1) is 0 Å². The van der Waals surface area contributed by atoms with Gasteiger partial charge in [0.2, 0.25) is 0 Å². The van der Waals surface area contributed by atoms with Crippen LogP contribution in [0.1, 0.15) is 16.8 Å². The van der Waals surface area contributed by atoms with Crippen LogP contribution in [0.4, 0.5) is 10.5 Å². The Morgan fingerprint density at radius 2 is 2.00 bits per heavy atom. The molecule has 21 heavy (non-hydrogen) atoms. The van der Waals surface area contributed by atoms with E-state index in [1.165, 1.54) is 6.07 Å². The Hall–Kier alpha value is -1.12. The largest absolute Gasteiger partial charge is 0.478 e. The molecule has 1 saturated heterocycles. The minimum Gasteiger partial charge on any atom is -0.478 e. The van der Waals surface area contributed by atoms with Crippen LogP contribution in [-0.4, -0.2) is 48.3 Å². The first kappa shape index (κ1) is 16.3. The molecule has 0 radical (unpaired) electrons. The van der Waals surface area contributed by atoms with Crippen LogP contribution in [0, 0.1) is 0 Å². The molecule has 0 saturated carbocycles. The van der Waals surface area contributed by atoms with Crippen LogP contribution in [0.5, 0.6) is 0 Å². The number of urea groups is 1. The van der Waals surface area contributed by atoms with Crippen LogP contribution < -0.4 is 5.32 Å². The SMILES string of the molecule is O=C(O)c1cc(Br)cc(Br)c1NC(=O)N1CCCOCC1.